The maximum atomic E-state index is 13.4. The highest BCUT2D eigenvalue weighted by atomic mass is 16.5. The van der Waals surface area contributed by atoms with Crippen molar-refractivity contribution in [2.24, 2.45) is 0 Å². The van der Waals surface area contributed by atoms with Crippen LogP contribution in [0.1, 0.15) is 29.0 Å². The van der Waals surface area contributed by atoms with Gasteiger partial charge in [-0.2, -0.15) is 0 Å². The number of hydrogen-bond acceptors (Lipinski definition) is 10. The monoisotopic (exact) mass is 612 g/mol. The molecular formula is C35H32O10. The SMILES string of the molecule is COC(=O)CC(c1cccc(OC)c1OCCc1ccc(OC)cc1)c1c(O)c(O)c(O)c2c(=O)cc(-c3ccccc3)oc12. The Balaban J connectivity index is 1.69. The molecule has 0 radical (unpaired) electrons. The van der Waals surface area contributed by atoms with Crippen LogP contribution >= 0.6 is 0 Å². The first kappa shape index (κ1) is 30.8. The van der Waals surface area contributed by atoms with Crippen molar-refractivity contribution in [3.63, 3.8) is 0 Å². The first-order chi connectivity index (χ1) is 21.8. The van der Waals surface area contributed by atoms with E-state index in [4.69, 9.17) is 23.4 Å². The molecule has 0 aliphatic heterocycles. The second-order valence-corrected chi connectivity index (χ2v) is 10.2. The van der Waals surface area contributed by atoms with E-state index in [0.29, 0.717) is 23.3 Å². The zero-order valence-electron chi connectivity index (χ0n) is 24.9. The highest BCUT2D eigenvalue weighted by Crippen LogP contribution is 2.51. The average molecular weight is 613 g/mol. The van der Waals surface area contributed by atoms with E-state index in [1.54, 1.807) is 55.6 Å². The van der Waals surface area contributed by atoms with E-state index in [0.717, 1.165) is 11.3 Å². The quantitative estimate of drug-likeness (QED) is 0.122. The van der Waals surface area contributed by atoms with E-state index in [-0.39, 0.29) is 41.1 Å². The Morgan fingerprint density at radius 3 is 2.24 bits per heavy atom. The standard InChI is InChI=1S/C35H32O10/c1-41-22-14-12-20(13-15-22)16-17-44-34-23(10-7-11-26(34)42-2)24(18-28(37)43-3)29-31(38)33(40)32(39)30-25(36)19-27(45-35(29)30)21-8-5-4-6-9-21/h4-15,19,24,38-40H,16-18H2,1-3H3. The third-order valence-corrected chi connectivity index (χ3v) is 7.54. The van der Waals surface area contributed by atoms with Crippen molar-refractivity contribution in [1.82, 2.24) is 0 Å². The number of phenolic OH excluding ortho intramolecular Hbond substituents is 3. The number of rotatable bonds is 11. The van der Waals surface area contributed by atoms with E-state index in [1.165, 1.54) is 20.3 Å². The van der Waals surface area contributed by atoms with E-state index >= 15 is 0 Å². The van der Waals surface area contributed by atoms with Gasteiger partial charge in [-0.1, -0.05) is 54.6 Å². The van der Waals surface area contributed by atoms with Crippen LogP contribution in [0.2, 0.25) is 0 Å². The molecule has 3 N–H and O–H groups in total. The van der Waals surface area contributed by atoms with Gasteiger partial charge < -0.3 is 38.7 Å². The number of methoxy groups -OCH3 is 3. The van der Waals surface area contributed by atoms with Crippen LogP contribution in [0, 0.1) is 0 Å². The molecule has 232 valence electrons. The van der Waals surface area contributed by atoms with Crippen molar-refractivity contribution in [1.29, 1.82) is 0 Å². The Morgan fingerprint density at radius 2 is 1.58 bits per heavy atom. The Hall–Kier alpha value is -5.64. The summed E-state index contributed by atoms with van der Waals surface area (Å²) in [4.78, 5) is 26.2. The minimum absolute atomic E-state index is 0.117. The number of aromatic hydroxyl groups is 3. The molecule has 4 aromatic carbocycles. The Morgan fingerprint density at radius 1 is 0.844 bits per heavy atom. The molecule has 5 rings (SSSR count). The summed E-state index contributed by atoms with van der Waals surface area (Å²) in [5.74, 6) is -2.81. The highest BCUT2D eigenvalue weighted by Gasteiger charge is 2.33. The van der Waals surface area contributed by atoms with Gasteiger partial charge >= 0.3 is 5.97 Å². The van der Waals surface area contributed by atoms with Crippen molar-refractivity contribution in [2.45, 2.75) is 18.8 Å². The number of fused-ring (bicyclic) bond motifs is 1. The van der Waals surface area contributed by atoms with Crippen LogP contribution in [-0.4, -0.2) is 49.2 Å². The predicted octanol–water partition coefficient (Wildman–Crippen LogP) is 5.91. The Bertz CT molecular complexity index is 1880. The Kier molecular flexibility index (Phi) is 9.13. The average Bonchev–Trinajstić information content (AvgIpc) is 3.07. The van der Waals surface area contributed by atoms with Gasteiger partial charge in [0, 0.05) is 35.1 Å². The second kappa shape index (κ2) is 13.3. The van der Waals surface area contributed by atoms with Crippen LogP contribution in [0.5, 0.6) is 34.5 Å². The zero-order valence-corrected chi connectivity index (χ0v) is 24.9. The molecule has 10 heteroatoms. The van der Waals surface area contributed by atoms with Crippen LogP contribution in [0.4, 0.5) is 0 Å². The molecule has 1 unspecified atom stereocenters. The molecule has 0 bridgehead atoms. The molecule has 0 amide bonds. The third kappa shape index (κ3) is 6.21. The van der Waals surface area contributed by atoms with E-state index in [2.05, 4.69) is 0 Å². The minimum atomic E-state index is -1.09. The summed E-state index contributed by atoms with van der Waals surface area (Å²) >= 11 is 0. The van der Waals surface area contributed by atoms with E-state index in [9.17, 15) is 24.9 Å². The molecule has 45 heavy (non-hydrogen) atoms. The van der Waals surface area contributed by atoms with Gasteiger partial charge in [0.15, 0.2) is 28.4 Å². The van der Waals surface area contributed by atoms with Gasteiger partial charge in [0.1, 0.15) is 22.5 Å². The smallest absolute Gasteiger partial charge is 0.306 e. The number of carbonyl (C=O) groups excluding carboxylic acids is 1. The number of carbonyl (C=O) groups is 1. The summed E-state index contributed by atoms with van der Waals surface area (Å²) in [7, 11) is 4.28. The molecule has 1 atom stereocenters. The van der Waals surface area contributed by atoms with Crippen LogP contribution in [-0.2, 0) is 16.0 Å². The molecule has 0 saturated carbocycles. The Labute approximate surface area is 258 Å². The summed E-state index contributed by atoms with van der Waals surface area (Å²) in [5.41, 5.74) is 0.930. The third-order valence-electron chi connectivity index (χ3n) is 7.54. The molecule has 0 aliphatic carbocycles. The summed E-state index contributed by atoms with van der Waals surface area (Å²) in [6.45, 7) is 0.214. The summed E-state index contributed by atoms with van der Waals surface area (Å²) < 4.78 is 28.3. The second-order valence-electron chi connectivity index (χ2n) is 10.2. The first-order valence-corrected chi connectivity index (χ1v) is 14.1. The summed E-state index contributed by atoms with van der Waals surface area (Å²) in [6.07, 6.45) is 0.164. The molecule has 0 fully saturated rings. The topological polar surface area (TPSA) is 145 Å². The number of benzene rings is 4. The number of hydrogen-bond donors (Lipinski definition) is 3. The van der Waals surface area contributed by atoms with Crippen molar-refractivity contribution in [3.8, 4) is 45.8 Å². The number of para-hydroxylation sites is 1. The van der Waals surface area contributed by atoms with Crippen molar-refractivity contribution in [2.75, 3.05) is 27.9 Å². The molecule has 5 aromatic rings. The van der Waals surface area contributed by atoms with Crippen molar-refractivity contribution < 1.29 is 43.5 Å². The number of ether oxygens (including phenoxy) is 4. The van der Waals surface area contributed by atoms with E-state index in [1.807, 2.05) is 24.3 Å². The zero-order chi connectivity index (χ0) is 32.1. The molecule has 1 heterocycles. The molecule has 1 aromatic heterocycles. The lowest BCUT2D eigenvalue weighted by Crippen LogP contribution is -2.14. The predicted molar refractivity (Wildman–Crippen MR) is 167 cm³/mol. The molecule has 10 nitrogen and oxygen atoms in total. The lowest BCUT2D eigenvalue weighted by Gasteiger charge is -2.24. The van der Waals surface area contributed by atoms with Gasteiger partial charge in [-0.05, 0) is 23.8 Å². The summed E-state index contributed by atoms with van der Waals surface area (Å²) in [5, 5.41) is 32.5. The fourth-order valence-electron chi connectivity index (χ4n) is 5.24. The molecule has 0 spiro atoms. The van der Waals surface area contributed by atoms with Crippen LogP contribution in [0.3, 0.4) is 0 Å². The van der Waals surface area contributed by atoms with Crippen LogP contribution in [0.25, 0.3) is 22.3 Å². The lowest BCUT2D eigenvalue weighted by atomic mass is 9.85. The minimum Gasteiger partial charge on any atom is -0.504 e. The molecular weight excluding hydrogens is 580 g/mol. The van der Waals surface area contributed by atoms with Gasteiger partial charge in [0.2, 0.25) is 5.75 Å². The maximum Gasteiger partial charge on any atom is 0.306 e. The maximum absolute atomic E-state index is 13.4. The highest BCUT2D eigenvalue weighted by molar-refractivity contribution is 5.94. The van der Waals surface area contributed by atoms with Gasteiger partial charge in [-0.15, -0.1) is 0 Å². The lowest BCUT2D eigenvalue weighted by molar-refractivity contribution is -0.140. The van der Waals surface area contributed by atoms with Crippen molar-refractivity contribution >= 4 is 16.9 Å². The van der Waals surface area contributed by atoms with Gasteiger partial charge in [-0.3, -0.25) is 9.59 Å². The fraction of sp³-hybridized carbons (Fsp3) is 0.200. The molecule has 0 aliphatic rings. The normalized spacial score (nSPS) is 11.6. The number of phenols is 3. The van der Waals surface area contributed by atoms with Gasteiger partial charge in [0.25, 0.3) is 0 Å². The fourth-order valence-corrected chi connectivity index (χ4v) is 5.24. The number of esters is 1. The van der Waals surface area contributed by atoms with Crippen LogP contribution < -0.4 is 19.6 Å². The summed E-state index contributed by atoms with van der Waals surface area (Å²) in [6, 6.07) is 22.5. The molecule has 0 saturated heterocycles. The largest absolute Gasteiger partial charge is 0.504 e. The van der Waals surface area contributed by atoms with Crippen LogP contribution in [0.15, 0.2) is 88.1 Å². The first-order valence-electron chi connectivity index (χ1n) is 14.1. The van der Waals surface area contributed by atoms with Crippen molar-refractivity contribution in [3.05, 3.63) is 106 Å². The van der Waals surface area contributed by atoms with Gasteiger partial charge in [-0.25, -0.2) is 0 Å². The van der Waals surface area contributed by atoms with Gasteiger partial charge in [0.05, 0.1) is 34.4 Å². The van der Waals surface area contributed by atoms with E-state index < -0.39 is 34.6 Å².